The second-order valence-electron chi connectivity index (χ2n) is 3.73. The van der Waals surface area contributed by atoms with Gasteiger partial charge in [0.2, 0.25) is 0 Å². The van der Waals surface area contributed by atoms with Crippen molar-refractivity contribution >= 4 is 5.91 Å². The summed E-state index contributed by atoms with van der Waals surface area (Å²) in [5, 5.41) is 2.85. The molecule has 0 aliphatic heterocycles. The second kappa shape index (κ2) is 7.73. The molecular weight excluding hydrogens is 216 g/mol. The van der Waals surface area contributed by atoms with Crippen LogP contribution in [-0.4, -0.2) is 47.0 Å². The molecule has 1 aromatic heterocycles. The molecule has 1 heterocycles. The van der Waals surface area contributed by atoms with Gasteiger partial charge in [-0.25, -0.2) is 9.97 Å². The Morgan fingerprint density at radius 2 is 2.18 bits per heavy atom. The molecule has 0 saturated carbocycles. The molecular formula is C12H20N4O. The van der Waals surface area contributed by atoms with Crippen molar-refractivity contribution in [2.45, 2.75) is 20.3 Å². The molecule has 1 amide bonds. The number of carbonyl (C=O) groups excluding carboxylic acids is 1. The van der Waals surface area contributed by atoms with E-state index in [4.69, 9.17) is 0 Å². The first-order chi connectivity index (χ1) is 8.27. The molecule has 5 heteroatoms. The van der Waals surface area contributed by atoms with E-state index >= 15 is 0 Å². The Morgan fingerprint density at radius 1 is 1.41 bits per heavy atom. The zero-order valence-electron chi connectivity index (χ0n) is 10.5. The number of rotatable bonds is 7. The van der Waals surface area contributed by atoms with Crippen LogP contribution in [0.5, 0.6) is 0 Å². The van der Waals surface area contributed by atoms with Crippen LogP contribution in [0.15, 0.2) is 18.6 Å². The fourth-order valence-corrected chi connectivity index (χ4v) is 1.56. The number of aromatic nitrogens is 2. The van der Waals surface area contributed by atoms with E-state index in [2.05, 4.69) is 34.0 Å². The van der Waals surface area contributed by atoms with E-state index in [0.29, 0.717) is 12.2 Å². The Hall–Kier alpha value is -1.49. The zero-order chi connectivity index (χ0) is 12.5. The monoisotopic (exact) mass is 236 g/mol. The first kappa shape index (κ1) is 13.6. The third-order valence-corrected chi connectivity index (χ3v) is 2.65. The van der Waals surface area contributed by atoms with Crippen LogP contribution in [0.25, 0.3) is 0 Å². The highest BCUT2D eigenvalue weighted by Crippen LogP contribution is 1.92. The van der Waals surface area contributed by atoms with Crippen molar-refractivity contribution in [1.82, 2.24) is 20.2 Å². The van der Waals surface area contributed by atoms with Gasteiger partial charge < -0.3 is 10.2 Å². The number of hydrogen-bond donors (Lipinski definition) is 1. The summed E-state index contributed by atoms with van der Waals surface area (Å²) >= 11 is 0. The van der Waals surface area contributed by atoms with Crippen LogP contribution >= 0.6 is 0 Å². The van der Waals surface area contributed by atoms with Crippen LogP contribution in [0.1, 0.15) is 30.8 Å². The SMILES string of the molecule is CCN(CC)CCCNC(=O)c1ccncn1. The van der Waals surface area contributed by atoms with Gasteiger partial charge in [0.25, 0.3) is 5.91 Å². The predicted molar refractivity (Wildman–Crippen MR) is 66.8 cm³/mol. The molecule has 0 saturated heterocycles. The molecule has 0 atom stereocenters. The maximum atomic E-state index is 11.6. The van der Waals surface area contributed by atoms with E-state index in [0.717, 1.165) is 26.1 Å². The maximum absolute atomic E-state index is 11.6. The van der Waals surface area contributed by atoms with Gasteiger partial charge in [-0.1, -0.05) is 13.8 Å². The number of carbonyl (C=O) groups is 1. The van der Waals surface area contributed by atoms with Gasteiger partial charge in [0.05, 0.1) is 0 Å². The Labute approximate surface area is 102 Å². The molecule has 0 aromatic carbocycles. The highest BCUT2D eigenvalue weighted by atomic mass is 16.1. The van der Waals surface area contributed by atoms with Crippen molar-refractivity contribution in [1.29, 1.82) is 0 Å². The van der Waals surface area contributed by atoms with E-state index in [1.807, 2.05) is 0 Å². The summed E-state index contributed by atoms with van der Waals surface area (Å²) in [5.74, 6) is -0.132. The molecule has 0 spiro atoms. The molecule has 0 radical (unpaired) electrons. The van der Waals surface area contributed by atoms with Gasteiger partial charge in [-0.3, -0.25) is 4.79 Å². The second-order valence-corrected chi connectivity index (χ2v) is 3.73. The van der Waals surface area contributed by atoms with Gasteiger partial charge in [-0.2, -0.15) is 0 Å². The van der Waals surface area contributed by atoms with Crippen LogP contribution in [0.3, 0.4) is 0 Å². The average Bonchev–Trinajstić information content (AvgIpc) is 2.40. The summed E-state index contributed by atoms with van der Waals surface area (Å²) in [4.78, 5) is 21.6. The van der Waals surface area contributed by atoms with Crippen LogP contribution in [0.4, 0.5) is 0 Å². The first-order valence-electron chi connectivity index (χ1n) is 6.04. The Kier molecular flexibility index (Phi) is 6.17. The summed E-state index contributed by atoms with van der Waals surface area (Å²) in [5.41, 5.74) is 0.419. The van der Waals surface area contributed by atoms with Crippen molar-refractivity contribution in [2.75, 3.05) is 26.2 Å². The summed E-state index contributed by atoms with van der Waals surface area (Å²) in [6.45, 7) is 8.08. The summed E-state index contributed by atoms with van der Waals surface area (Å²) < 4.78 is 0. The third kappa shape index (κ3) is 4.91. The molecule has 0 aliphatic rings. The van der Waals surface area contributed by atoms with Crippen molar-refractivity contribution in [3.05, 3.63) is 24.3 Å². The van der Waals surface area contributed by atoms with E-state index in [1.54, 1.807) is 12.3 Å². The van der Waals surface area contributed by atoms with Crippen molar-refractivity contribution < 1.29 is 4.79 Å². The smallest absolute Gasteiger partial charge is 0.270 e. The van der Waals surface area contributed by atoms with Crippen molar-refractivity contribution in [2.24, 2.45) is 0 Å². The lowest BCUT2D eigenvalue weighted by atomic mass is 10.3. The van der Waals surface area contributed by atoms with Gasteiger partial charge in [0.15, 0.2) is 0 Å². The number of hydrogen-bond acceptors (Lipinski definition) is 4. The molecule has 0 bridgehead atoms. The fraction of sp³-hybridized carbons (Fsp3) is 0.583. The van der Waals surface area contributed by atoms with Gasteiger partial charge >= 0.3 is 0 Å². The summed E-state index contributed by atoms with van der Waals surface area (Å²) in [6.07, 6.45) is 3.90. The summed E-state index contributed by atoms with van der Waals surface area (Å²) in [7, 11) is 0. The Bertz CT molecular complexity index is 325. The largest absolute Gasteiger partial charge is 0.351 e. The minimum atomic E-state index is -0.132. The minimum Gasteiger partial charge on any atom is -0.351 e. The number of nitrogens with zero attached hydrogens (tertiary/aromatic N) is 3. The molecule has 1 N–H and O–H groups in total. The first-order valence-corrected chi connectivity index (χ1v) is 6.04. The Balaban J connectivity index is 2.21. The Morgan fingerprint density at radius 3 is 2.76 bits per heavy atom. The maximum Gasteiger partial charge on any atom is 0.270 e. The molecule has 0 aliphatic carbocycles. The molecule has 0 unspecified atom stereocenters. The minimum absolute atomic E-state index is 0.132. The topological polar surface area (TPSA) is 58.1 Å². The molecule has 0 fully saturated rings. The highest BCUT2D eigenvalue weighted by Gasteiger charge is 2.05. The lowest BCUT2D eigenvalue weighted by Crippen LogP contribution is -2.30. The molecule has 17 heavy (non-hydrogen) atoms. The predicted octanol–water partition coefficient (Wildman–Crippen LogP) is 0.938. The quantitative estimate of drug-likeness (QED) is 0.716. The van der Waals surface area contributed by atoms with Crippen LogP contribution in [-0.2, 0) is 0 Å². The molecule has 1 rings (SSSR count). The standard InChI is InChI=1S/C12H20N4O/c1-3-16(4-2)9-5-7-14-12(17)11-6-8-13-10-15-11/h6,8,10H,3-5,7,9H2,1-2H3,(H,14,17). The lowest BCUT2D eigenvalue weighted by Gasteiger charge is -2.17. The fourth-order valence-electron chi connectivity index (χ4n) is 1.56. The van der Waals surface area contributed by atoms with Crippen molar-refractivity contribution in [3.8, 4) is 0 Å². The highest BCUT2D eigenvalue weighted by molar-refractivity contribution is 5.91. The third-order valence-electron chi connectivity index (χ3n) is 2.65. The van der Waals surface area contributed by atoms with Crippen LogP contribution in [0.2, 0.25) is 0 Å². The van der Waals surface area contributed by atoms with E-state index in [1.165, 1.54) is 6.33 Å². The van der Waals surface area contributed by atoms with Crippen molar-refractivity contribution in [3.63, 3.8) is 0 Å². The molecule has 5 nitrogen and oxygen atoms in total. The molecule has 1 aromatic rings. The normalized spacial score (nSPS) is 10.5. The van der Waals surface area contributed by atoms with Gasteiger partial charge in [-0.15, -0.1) is 0 Å². The van der Waals surface area contributed by atoms with Gasteiger partial charge in [0.1, 0.15) is 12.0 Å². The van der Waals surface area contributed by atoms with E-state index in [9.17, 15) is 4.79 Å². The van der Waals surface area contributed by atoms with E-state index in [-0.39, 0.29) is 5.91 Å². The van der Waals surface area contributed by atoms with E-state index < -0.39 is 0 Å². The van der Waals surface area contributed by atoms with Crippen LogP contribution < -0.4 is 5.32 Å². The number of nitrogens with one attached hydrogen (secondary N) is 1. The van der Waals surface area contributed by atoms with Crippen LogP contribution in [0, 0.1) is 0 Å². The molecule has 94 valence electrons. The lowest BCUT2D eigenvalue weighted by molar-refractivity contribution is 0.0946. The average molecular weight is 236 g/mol. The van der Waals surface area contributed by atoms with Gasteiger partial charge in [-0.05, 0) is 32.1 Å². The summed E-state index contributed by atoms with van der Waals surface area (Å²) in [6, 6.07) is 1.61. The number of amides is 1. The zero-order valence-corrected chi connectivity index (χ0v) is 10.5. The van der Waals surface area contributed by atoms with Gasteiger partial charge in [0, 0.05) is 12.7 Å².